The maximum absolute atomic E-state index is 16.0. The minimum absolute atomic E-state index is 0.0200. The molecular formula is C25H16F6N6O3S. The summed E-state index contributed by atoms with van der Waals surface area (Å²) in [5.41, 5.74) is 4.95. The van der Waals surface area contributed by atoms with Gasteiger partial charge in [0.1, 0.15) is 22.7 Å². The van der Waals surface area contributed by atoms with Crippen LogP contribution in [0.25, 0.3) is 32.1 Å². The standard InChI is InChI=1S/C25H16F6N6O3S/c26-12-2-1-9(15-11(8-32)21(33)41-19(12)15)16-13(27)7-10-18-17(16)20(28)35-37(18)5-3-14-22(40-24(39)25(29,30)31)34-4-6-36(14)23(10)38/h1-2,7,14,22,34H,3-6,33H2/t14-,22?/m1/s1. The van der Waals surface area contributed by atoms with E-state index >= 15 is 8.78 Å². The minimum Gasteiger partial charge on any atom is -0.438 e. The summed E-state index contributed by atoms with van der Waals surface area (Å²) in [7, 11) is 0. The Hall–Kier alpha value is -4.36. The number of carbonyl (C=O) groups excluding carboxylic acids is 2. The van der Waals surface area contributed by atoms with Crippen LogP contribution in [0.4, 0.5) is 31.3 Å². The molecule has 0 saturated carbocycles. The molecule has 6 rings (SSSR count). The second-order valence-corrected chi connectivity index (χ2v) is 10.5. The zero-order chi connectivity index (χ0) is 29.4. The van der Waals surface area contributed by atoms with E-state index < -0.39 is 53.3 Å². The maximum atomic E-state index is 16.0. The monoisotopic (exact) mass is 594 g/mol. The Kier molecular flexibility index (Phi) is 6.12. The molecule has 41 heavy (non-hydrogen) atoms. The van der Waals surface area contributed by atoms with E-state index in [9.17, 15) is 32.4 Å². The van der Waals surface area contributed by atoms with Gasteiger partial charge in [-0.2, -0.15) is 22.8 Å². The van der Waals surface area contributed by atoms with Crippen LogP contribution in [0.3, 0.4) is 0 Å². The number of esters is 1. The van der Waals surface area contributed by atoms with Crippen LogP contribution in [0, 0.1) is 28.9 Å². The number of thiophene rings is 1. The number of carbonyl (C=O) groups is 2. The number of fused-ring (bicyclic) bond motifs is 2. The number of nitrogens with one attached hydrogen (secondary N) is 1. The normalized spacial score (nSPS) is 19.1. The van der Waals surface area contributed by atoms with Gasteiger partial charge >= 0.3 is 12.1 Å². The van der Waals surface area contributed by atoms with E-state index in [0.29, 0.717) is 0 Å². The summed E-state index contributed by atoms with van der Waals surface area (Å²) >= 11 is 0.773. The molecule has 4 aromatic rings. The van der Waals surface area contributed by atoms with Gasteiger partial charge in [-0.3, -0.25) is 14.8 Å². The number of amides is 1. The second-order valence-electron chi connectivity index (χ2n) is 9.40. The molecule has 1 unspecified atom stereocenters. The first-order valence-electron chi connectivity index (χ1n) is 12.0. The fourth-order valence-corrected chi connectivity index (χ4v) is 6.42. The fourth-order valence-electron chi connectivity index (χ4n) is 5.48. The molecule has 0 spiro atoms. The van der Waals surface area contributed by atoms with Crippen LogP contribution in [-0.2, 0) is 16.1 Å². The molecule has 2 aromatic heterocycles. The van der Waals surface area contributed by atoms with Gasteiger partial charge in [0.25, 0.3) is 5.91 Å². The molecule has 2 aliphatic rings. The van der Waals surface area contributed by atoms with Gasteiger partial charge < -0.3 is 15.4 Å². The maximum Gasteiger partial charge on any atom is 0.490 e. The smallest absolute Gasteiger partial charge is 0.438 e. The number of nitriles is 1. The molecule has 3 N–H and O–H groups in total. The van der Waals surface area contributed by atoms with Crippen LogP contribution in [0.2, 0.25) is 0 Å². The molecule has 212 valence electrons. The number of hydrogen-bond donors (Lipinski definition) is 2. The lowest BCUT2D eigenvalue weighted by molar-refractivity contribution is -0.210. The second kappa shape index (κ2) is 9.35. The van der Waals surface area contributed by atoms with E-state index in [1.807, 2.05) is 6.07 Å². The Morgan fingerprint density at radius 1 is 1.17 bits per heavy atom. The lowest BCUT2D eigenvalue weighted by Gasteiger charge is -2.42. The minimum atomic E-state index is -5.27. The highest BCUT2D eigenvalue weighted by Gasteiger charge is 2.46. The first-order valence-corrected chi connectivity index (χ1v) is 12.9. The third-order valence-corrected chi connectivity index (χ3v) is 8.19. The average Bonchev–Trinajstić information content (AvgIpc) is 3.43. The van der Waals surface area contributed by atoms with Crippen molar-refractivity contribution in [1.29, 1.82) is 5.26 Å². The molecule has 2 aromatic carbocycles. The number of ether oxygens (including phenoxy) is 1. The SMILES string of the molecule is N#Cc1c(N)sc2c(F)ccc(-c3c(F)cc4c5c3c(F)nn5CC[C@@H]3C(OC(=O)C(F)(F)F)NCCN3C4=O)c12. The number of rotatable bonds is 2. The lowest BCUT2D eigenvalue weighted by atomic mass is 9.93. The third-order valence-electron chi connectivity index (χ3n) is 7.17. The summed E-state index contributed by atoms with van der Waals surface area (Å²) in [6.07, 6.45) is -6.91. The van der Waals surface area contributed by atoms with Crippen LogP contribution < -0.4 is 11.1 Å². The Labute approximate surface area is 229 Å². The number of nitrogen functional groups attached to an aromatic ring is 1. The first-order chi connectivity index (χ1) is 19.4. The zero-order valence-corrected chi connectivity index (χ0v) is 21.3. The Morgan fingerprint density at radius 3 is 2.63 bits per heavy atom. The summed E-state index contributed by atoms with van der Waals surface area (Å²) in [5.74, 6) is -6.27. The zero-order valence-electron chi connectivity index (χ0n) is 20.5. The van der Waals surface area contributed by atoms with Gasteiger partial charge in [0.2, 0.25) is 5.95 Å². The highest BCUT2D eigenvalue weighted by atomic mass is 32.1. The molecular weight excluding hydrogens is 578 g/mol. The highest BCUT2D eigenvalue weighted by molar-refractivity contribution is 7.23. The molecule has 0 aliphatic carbocycles. The van der Waals surface area contributed by atoms with Crippen molar-refractivity contribution in [2.24, 2.45) is 0 Å². The van der Waals surface area contributed by atoms with Gasteiger partial charge in [-0.25, -0.2) is 13.6 Å². The molecule has 16 heteroatoms. The van der Waals surface area contributed by atoms with Gasteiger partial charge in [0, 0.05) is 30.6 Å². The Bertz CT molecular complexity index is 1830. The van der Waals surface area contributed by atoms with Crippen molar-refractivity contribution < 1.29 is 40.7 Å². The molecule has 0 bridgehead atoms. The molecule has 2 aliphatic heterocycles. The first kappa shape index (κ1) is 26.8. The van der Waals surface area contributed by atoms with Crippen LogP contribution in [0.1, 0.15) is 22.3 Å². The number of halogens is 6. The fraction of sp³-hybridized carbons (Fsp3) is 0.280. The summed E-state index contributed by atoms with van der Waals surface area (Å²) in [6.45, 7) is -0.217. The summed E-state index contributed by atoms with van der Waals surface area (Å²) in [6, 6.07) is 3.81. The van der Waals surface area contributed by atoms with E-state index in [1.165, 1.54) is 6.07 Å². The number of hydrogen-bond acceptors (Lipinski definition) is 8. The number of piperazine rings is 1. The van der Waals surface area contributed by atoms with Crippen LogP contribution in [0.5, 0.6) is 0 Å². The van der Waals surface area contributed by atoms with Gasteiger partial charge in [-0.05, 0) is 24.1 Å². The predicted molar refractivity (Wildman–Crippen MR) is 133 cm³/mol. The van der Waals surface area contributed by atoms with E-state index in [0.717, 1.165) is 33.1 Å². The summed E-state index contributed by atoms with van der Waals surface area (Å²) in [5, 5.41) is 15.7. The van der Waals surface area contributed by atoms with Crippen molar-refractivity contribution in [3.63, 3.8) is 0 Å². The average molecular weight is 594 g/mol. The quantitative estimate of drug-likeness (QED) is 0.265. The van der Waals surface area contributed by atoms with Crippen molar-refractivity contribution in [2.45, 2.75) is 31.4 Å². The van der Waals surface area contributed by atoms with Crippen molar-refractivity contribution in [3.8, 4) is 17.2 Å². The van der Waals surface area contributed by atoms with Crippen molar-refractivity contribution >= 4 is 49.2 Å². The summed E-state index contributed by atoms with van der Waals surface area (Å²) in [4.78, 5) is 26.4. The number of anilines is 1. The Balaban J connectivity index is 1.53. The van der Waals surface area contributed by atoms with Crippen LogP contribution in [0.15, 0.2) is 18.2 Å². The molecule has 1 saturated heterocycles. The van der Waals surface area contributed by atoms with E-state index in [4.69, 9.17) is 5.73 Å². The third kappa shape index (κ3) is 4.06. The number of benzene rings is 2. The number of alkyl halides is 3. The van der Waals surface area contributed by atoms with E-state index in [2.05, 4.69) is 15.2 Å². The molecule has 1 amide bonds. The number of aryl methyl sites for hydroxylation is 1. The molecule has 2 atom stereocenters. The molecule has 9 nitrogen and oxygen atoms in total. The molecule has 0 radical (unpaired) electrons. The van der Waals surface area contributed by atoms with Crippen molar-refractivity contribution in [2.75, 3.05) is 18.8 Å². The largest absolute Gasteiger partial charge is 0.490 e. The number of aromatic nitrogens is 2. The van der Waals surface area contributed by atoms with Gasteiger partial charge in [0.05, 0.1) is 32.8 Å². The summed E-state index contributed by atoms with van der Waals surface area (Å²) < 4.78 is 90.4. The van der Waals surface area contributed by atoms with Crippen LogP contribution >= 0.6 is 11.3 Å². The topological polar surface area (TPSA) is 126 Å². The van der Waals surface area contributed by atoms with Gasteiger partial charge in [-0.15, -0.1) is 16.4 Å². The van der Waals surface area contributed by atoms with E-state index in [-0.39, 0.29) is 68.9 Å². The van der Waals surface area contributed by atoms with Gasteiger partial charge in [-0.1, -0.05) is 6.07 Å². The van der Waals surface area contributed by atoms with Gasteiger partial charge in [0.15, 0.2) is 6.23 Å². The van der Waals surface area contributed by atoms with Crippen molar-refractivity contribution in [1.82, 2.24) is 20.0 Å². The Morgan fingerprint density at radius 2 is 1.93 bits per heavy atom. The lowest BCUT2D eigenvalue weighted by Crippen LogP contribution is -2.62. The van der Waals surface area contributed by atoms with Crippen molar-refractivity contribution in [3.05, 3.63) is 46.9 Å². The number of nitrogens with two attached hydrogens (primary N) is 1. The van der Waals surface area contributed by atoms with Crippen LogP contribution in [-0.4, -0.2) is 58.1 Å². The van der Waals surface area contributed by atoms with E-state index in [1.54, 1.807) is 0 Å². The predicted octanol–water partition coefficient (Wildman–Crippen LogP) is 4.04. The highest BCUT2D eigenvalue weighted by Crippen LogP contribution is 2.45. The number of nitrogens with zero attached hydrogens (tertiary/aromatic N) is 4. The molecule has 1 fully saturated rings. The molecule has 4 heterocycles.